The lowest BCUT2D eigenvalue weighted by Crippen LogP contribution is -2.32. The molecule has 4 nitrogen and oxygen atoms in total. The maximum atomic E-state index is 12.5. The van der Waals surface area contributed by atoms with Crippen LogP contribution in [0.15, 0.2) is 23.7 Å². The zero-order valence-electron chi connectivity index (χ0n) is 11.9. The monoisotopic (exact) mass is 289 g/mol. The highest BCUT2D eigenvalue weighted by Crippen LogP contribution is 2.31. The van der Waals surface area contributed by atoms with Crippen molar-refractivity contribution in [3.63, 3.8) is 0 Å². The molecule has 1 amide bonds. The first-order valence-corrected chi connectivity index (χ1v) is 7.85. The minimum absolute atomic E-state index is 0.140. The Labute approximate surface area is 123 Å². The van der Waals surface area contributed by atoms with Crippen molar-refractivity contribution in [1.82, 2.24) is 14.5 Å². The van der Waals surface area contributed by atoms with Crippen LogP contribution >= 0.6 is 11.3 Å². The second-order valence-corrected chi connectivity index (χ2v) is 6.38. The highest BCUT2D eigenvalue weighted by atomic mass is 32.1. The minimum atomic E-state index is 0.140. The van der Waals surface area contributed by atoms with E-state index in [4.69, 9.17) is 0 Å². The summed E-state index contributed by atoms with van der Waals surface area (Å²) in [5, 5.41) is 2.02. The molecule has 0 spiro atoms. The molecule has 1 fully saturated rings. The van der Waals surface area contributed by atoms with Crippen molar-refractivity contribution < 1.29 is 4.79 Å². The standard InChI is InChI=1S/C15H19N3OS/c1-11-10-17(2)15(16-11)13-6-3-7-18(13)14(19)9-12-5-4-8-20-12/h4-5,8,10,13H,3,6-7,9H2,1-2H3. The van der Waals surface area contributed by atoms with E-state index >= 15 is 0 Å². The number of aromatic nitrogens is 2. The Kier molecular flexibility index (Phi) is 3.61. The first-order chi connectivity index (χ1) is 9.65. The fourth-order valence-corrected chi connectivity index (χ4v) is 3.64. The second-order valence-electron chi connectivity index (χ2n) is 5.35. The summed E-state index contributed by atoms with van der Waals surface area (Å²) < 4.78 is 2.05. The minimum Gasteiger partial charge on any atom is -0.336 e. The lowest BCUT2D eigenvalue weighted by Gasteiger charge is -2.24. The summed E-state index contributed by atoms with van der Waals surface area (Å²) >= 11 is 1.65. The maximum Gasteiger partial charge on any atom is 0.228 e. The van der Waals surface area contributed by atoms with Crippen LogP contribution in [0.1, 0.15) is 35.3 Å². The van der Waals surface area contributed by atoms with Crippen LogP contribution in [0.2, 0.25) is 0 Å². The highest BCUT2D eigenvalue weighted by Gasteiger charge is 2.32. The summed E-state index contributed by atoms with van der Waals surface area (Å²) in [6.45, 7) is 2.84. The number of nitrogens with zero attached hydrogens (tertiary/aromatic N) is 3. The molecule has 1 saturated heterocycles. The second kappa shape index (κ2) is 5.40. The zero-order chi connectivity index (χ0) is 14.1. The molecule has 5 heteroatoms. The van der Waals surface area contributed by atoms with E-state index in [0.717, 1.165) is 35.8 Å². The molecule has 1 aliphatic heterocycles. The molecule has 1 unspecified atom stereocenters. The number of hydrogen-bond acceptors (Lipinski definition) is 3. The van der Waals surface area contributed by atoms with Crippen molar-refractivity contribution in [2.45, 2.75) is 32.2 Å². The highest BCUT2D eigenvalue weighted by molar-refractivity contribution is 7.10. The van der Waals surface area contributed by atoms with Crippen LogP contribution in [0.3, 0.4) is 0 Å². The van der Waals surface area contributed by atoms with Gasteiger partial charge in [-0.1, -0.05) is 6.07 Å². The van der Waals surface area contributed by atoms with Crippen molar-refractivity contribution in [2.24, 2.45) is 7.05 Å². The molecule has 1 aliphatic rings. The van der Waals surface area contributed by atoms with E-state index in [9.17, 15) is 4.79 Å². The molecule has 1 atom stereocenters. The molecule has 3 rings (SSSR count). The van der Waals surface area contributed by atoms with Crippen molar-refractivity contribution in [3.8, 4) is 0 Å². The topological polar surface area (TPSA) is 38.1 Å². The molecule has 2 aromatic heterocycles. The Morgan fingerprint density at radius 1 is 1.55 bits per heavy atom. The van der Waals surface area contributed by atoms with Gasteiger partial charge in [-0.2, -0.15) is 0 Å². The molecular formula is C15H19N3OS. The first kappa shape index (κ1) is 13.4. The van der Waals surface area contributed by atoms with Crippen molar-refractivity contribution >= 4 is 17.2 Å². The van der Waals surface area contributed by atoms with Crippen LogP contribution in [-0.2, 0) is 18.3 Å². The van der Waals surface area contributed by atoms with Gasteiger partial charge in [0.25, 0.3) is 0 Å². The van der Waals surface area contributed by atoms with Gasteiger partial charge in [-0.05, 0) is 31.2 Å². The molecule has 106 valence electrons. The number of thiophene rings is 1. The van der Waals surface area contributed by atoms with Gasteiger partial charge in [-0.25, -0.2) is 4.98 Å². The van der Waals surface area contributed by atoms with Crippen LogP contribution < -0.4 is 0 Å². The maximum absolute atomic E-state index is 12.5. The Bertz CT molecular complexity index is 603. The summed E-state index contributed by atoms with van der Waals surface area (Å²) in [6.07, 6.45) is 4.61. The lowest BCUT2D eigenvalue weighted by molar-refractivity contribution is -0.131. The molecule has 2 aromatic rings. The van der Waals surface area contributed by atoms with Crippen LogP contribution in [0.4, 0.5) is 0 Å². The molecule has 0 bridgehead atoms. The average Bonchev–Trinajstić information content (AvgIpc) is 3.09. The summed E-state index contributed by atoms with van der Waals surface area (Å²) in [5.74, 6) is 1.23. The predicted octanol–water partition coefficient (Wildman–Crippen LogP) is 2.70. The van der Waals surface area contributed by atoms with E-state index in [0.29, 0.717) is 6.42 Å². The number of likely N-dealkylation sites (tertiary alicyclic amines) is 1. The molecular weight excluding hydrogens is 270 g/mol. The molecule has 0 saturated carbocycles. The van der Waals surface area contributed by atoms with Gasteiger partial charge in [-0.3, -0.25) is 4.79 Å². The van der Waals surface area contributed by atoms with Gasteiger partial charge < -0.3 is 9.47 Å². The fraction of sp³-hybridized carbons (Fsp3) is 0.467. The Hall–Kier alpha value is -1.62. The molecule has 20 heavy (non-hydrogen) atoms. The zero-order valence-corrected chi connectivity index (χ0v) is 12.7. The summed E-state index contributed by atoms with van der Waals surface area (Å²) in [5.41, 5.74) is 1.01. The van der Waals surface area contributed by atoms with Gasteiger partial charge >= 0.3 is 0 Å². The normalized spacial score (nSPS) is 18.7. The predicted molar refractivity (Wildman–Crippen MR) is 79.7 cm³/mol. The molecule has 0 radical (unpaired) electrons. The Morgan fingerprint density at radius 3 is 3.05 bits per heavy atom. The first-order valence-electron chi connectivity index (χ1n) is 6.97. The van der Waals surface area contributed by atoms with E-state index < -0.39 is 0 Å². The smallest absolute Gasteiger partial charge is 0.228 e. The number of aryl methyl sites for hydroxylation is 2. The average molecular weight is 289 g/mol. The van der Waals surface area contributed by atoms with Gasteiger partial charge in [0.1, 0.15) is 5.82 Å². The third kappa shape index (κ3) is 2.50. The Morgan fingerprint density at radius 2 is 2.40 bits per heavy atom. The van der Waals surface area contributed by atoms with Crippen LogP contribution in [0, 0.1) is 6.92 Å². The van der Waals surface area contributed by atoms with Gasteiger partial charge in [-0.15, -0.1) is 11.3 Å². The number of rotatable bonds is 3. The number of carbonyl (C=O) groups excluding carboxylic acids is 1. The number of carbonyl (C=O) groups is 1. The van der Waals surface area contributed by atoms with E-state index in [-0.39, 0.29) is 11.9 Å². The van der Waals surface area contributed by atoms with Crippen molar-refractivity contribution in [3.05, 3.63) is 40.1 Å². The van der Waals surface area contributed by atoms with Gasteiger partial charge in [0.2, 0.25) is 5.91 Å². The summed E-state index contributed by atoms with van der Waals surface area (Å²) in [6, 6.07) is 4.16. The van der Waals surface area contributed by atoms with E-state index in [1.807, 2.05) is 42.6 Å². The summed E-state index contributed by atoms with van der Waals surface area (Å²) in [7, 11) is 2.01. The van der Waals surface area contributed by atoms with E-state index in [1.165, 1.54) is 0 Å². The van der Waals surface area contributed by atoms with Crippen molar-refractivity contribution in [1.29, 1.82) is 0 Å². The molecule has 0 aromatic carbocycles. The molecule has 0 aliphatic carbocycles. The fourth-order valence-electron chi connectivity index (χ4n) is 2.94. The lowest BCUT2D eigenvalue weighted by atomic mass is 10.2. The molecule has 3 heterocycles. The van der Waals surface area contributed by atoms with Gasteiger partial charge in [0.05, 0.1) is 18.2 Å². The molecule has 0 N–H and O–H groups in total. The SMILES string of the molecule is Cc1cn(C)c(C2CCCN2C(=O)Cc2cccs2)n1. The van der Waals surface area contributed by atoms with E-state index in [1.54, 1.807) is 11.3 Å². The van der Waals surface area contributed by atoms with Gasteiger partial charge in [0, 0.05) is 24.7 Å². The number of imidazole rings is 1. The number of amides is 1. The van der Waals surface area contributed by atoms with Crippen LogP contribution in [-0.4, -0.2) is 26.9 Å². The Balaban J connectivity index is 1.78. The van der Waals surface area contributed by atoms with Gasteiger partial charge in [0.15, 0.2) is 0 Å². The van der Waals surface area contributed by atoms with E-state index in [2.05, 4.69) is 9.55 Å². The van der Waals surface area contributed by atoms with Crippen molar-refractivity contribution in [2.75, 3.05) is 6.54 Å². The summed E-state index contributed by atoms with van der Waals surface area (Å²) in [4.78, 5) is 20.2. The third-order valence-electron chi connectivity index (χ3n) is 3.81. The largest absolute Gasteiger partial charge is 0.336 e. The number of hydrogen-bond donors (Lipinski definition) is 0. The third-order valence-corrected chi connectivity index (χ3v) is 4.69. The van der Waals surface area contributed by atoms with Crippen LogP contribution in [0.5, 0.6) is 0 Å². The van der Waals surface area contributed by atoms with Crippen LogP contribution in [0.25, 0.3) is 0 Å². The quantitative estimate of drug-likeness (QED) is 0.871.